The van der Waals surface area contributed by atoms with E-state index in [0.717, 1.165) is 50.7 Å². The molecule has 2 aliphatic heterocycles. The first-order chi connectivity index (χ1) is 24.7. The number of benzene rings is 6. The molecule has 3 aliphatic rings. The minimum Gasteiger partial charge on any atom is -0.455 e. The third-order valence-corrected chi connectivity index (χ3v) is 11.0. The van der Waals surface area contributed by atoms with E-state index in [1.165, 1.54) is 27.8 Å². The van der Waals surface area contributed by atoms with Crippen LogP contribution in [0.25, 0.3) is 28.0 Å². The summed E-state index contributed by atoms with van der Waals surface area (Å²) in [6.45, 7) is 9.07. The maximum Gasteiger partial charge on any atom is 0.149 e. The summed E-state index contributed by atoms with van der Waals surface area (Å²) >= 11 is 0. The Balaban J connectivity index is 1.15. The van der Waals surface area contributed by atoms with Crippen LogP contribution < -0.4 is 10.1 Å². The number of nitrogens with one attached hydrogen (secondary N) is 1. The number of para-hydroxylation sites is 1. The molecule has 1 atom stereocenters. The highest BCUT2D eigenvalue weighted by Crippen LogP contribution is 2.51. The van der Waals surface area contributed by atoms with Crippen molar-refractivity contribution in [1.29, 1.82) is 5.26 Å². The van der Waals surface area contributed by atoms with Crippen LogP contribution in [0.2, 0.25) is 0 Å². The highest BCUT2D eigenvalue weighted by molar-refractivity contribution is 6.05. The first-order valence-corrected chi connectivity index (χ1v) is 17.6. The minimum absolute atomic E-state index is 0.0966. The van der Waals surface area contributed by atoms with Crippen molar-refractivity contribution in [3.05, 3.63) is 184 Å². The van der Waals surface area contributed by atoms with E-state index in [1.54, 1.807) is 0 Å². The molecule has 6 aromatic carbocycles. The first-order valence-electron chi connectivity index (χ1n) is 17.6. The quantitative estimate of drug-likeness (QED) is 0.205. The third-order valence-electron chi connectivity index (χ3n) is 11.0. The minimum atomic E-state index is -0.359. The van der Waals surface area contributed by atoms with Gasteiger partial charge < -0.3 is 10.1 Å². The van der Waals surface area contributed by atoms with Crippen LogP contribution >= 0.6 is 0 Å². The monoisotopic (exact) mass is 659 g/mol. The van der Waals surface area contributed by atoms with Gasteiger partial charge in [-0.25, -0.2) is 0 Å². The Morgan fingerprint density at radius 2 is 1.29 bits per heavy atom. The van der Waals surface area contributed by atoms with E-state index >= 15 is 0 Å². The fourth-order valence-corrected chi connectivity index (χ4v) is 8.24. The van der Waals surface area contributed by atoms with Crippen molar-refractivity contribution in [2.24, 2.45) is 4.99 Å². The van der Waals surface area contributed by atoms with Gasteiger partial charge in [-0.05, 0) is 63.2 Å². The molecule has 1 unspecified atom stereocenters. The van der Waals surface area contributed by atoms with E-state index in [-0.39, 0.29) is 16.9 Å². The van der Waals surface area contributed by atoms with Crippen molar-refractivity contribution in [1.82, 2.24) is 5.32 Å². The zero-order chi connectivity index (χ0) is 34.9. The zero-order valence-corrected chi connectivity index (χ0v) is 29.2. The second kappa shape index (κ2) is 11.4. The molecule has 4 nitrogen and oxygen atoms in total. The number of hydrogen-bond acceptors (Lipinski definition) is 4. The molecule has 0 amide bonds. The number of aliphatic imine (C=N–C) groups is 1. The molecule has 0 saturated heterocycles. The lowest BCUT2D eigenvalue weighted by atomic mass is 9.74. The molecule has 1 N–H and O–H groups in total. The van der Waals surface area contributed by atoms with Gasteiger partial charge in [0.25, 0.3) is 0 Å². The Kier molecular flexibility index (Phi) is 6.92. The van der Waals surface area contributed by atoms with Crippen LogP contribution in [0.1, 0.15) is 78.2 Å². The number of nitrogens with zero attached hydrogens (tertiary/aromatic N) is 2. The molecule has 246 valence electrons. The Bertz CT molecular complexity index is 2500. The molecule has 9 rings (SSSR count). The largest absolute Gasteiger partial charge is 0.455 e. The Labute approximate surface area is 299 Å². The molecule has 0 aromatic heterocycles. The lowest BCUT2D eigenvalue weighted by Crippen LogP contribution is -2.28. The molecular weight excluding hydrogens is 623 g/mol. The van der Waals surface area contributed by atoms with Crippen molar-refractivity contribution in [3.8, 4) is 39.8 Å². The molecule has 2 heterocycles. The van der Waals surface area contributed by atoms with E-state index in [2.05, 4.69) is 154 Å². The van der Waals surface area contributed by atoms with E-state index in [0.29, 0.717) is 11.3 Å². The molecule has 6 aromatic rings. The lowest BCUT2D eigenvalue weighted by Gasteiger charge is -2.35. The van der Waals surface area contributed by atoms with E-state index in [9.17, 15) is 5.26 Å². The van der Waals surface area contributed by atoms with Crippen LogP contribution in [0, 0.1) is 11.3 Å². The van der Waals surface area contributed by atoms with Crippen LogP contribution in [0.5, 0.6) is 11.5 Å². The number of ether oxygens (including phenoxy) is 1. The summed E-state index contributed by atoms with van der Waals surface area (Å²) in [6.07, 6.45) is 2.27. The van der Waals surface area contributed by atoms with Gasteiger partial charge in [-0.3, -0.25) is 4.99 Å². The van der Waals surface area contributed by atoms with Gasteiger partial charge in [-0.1, -0.05) is 143 Å². The maximum absolute atomic E-state index is 9.79. The normalized spacial score (nSPS) is 17.3. The number of amidine groups is 1. The summed E-state index contributed by atoms with van der Waals surface area (Å²) < 4.78 is 6.40. The Morgan fingerprint density at radius 3 is 2.10 bits per heavy atom. The standard InChI is InChI=1S/C47H37N3O/c1-46(2)37-19-11-10-17-34(37)35-23-21-31(26-39(35)46)41-27-42(50-45(49-41)29-13-6-5-7-14-29)36-18-9-8-16-33(36)30-22-24-43-40(25-30)47(3,4)38-20-12-15-32(28-48)44(38)51-43/h5-27,41H,1-4H3,(H,49,50). The van der Waals surface area contributed by atoms with Crippen LogP contribution in [-0.2, 0) is 10.8 Å². The van der Waals surface area contributed by atoms with E-state index in [1.807, 2.05) is 24.3 Å². The Morgan fingerprint density at radius 1 is 0.608 bits per heavy atom. The topological polar surface area (TPSA) is 57.4 Å². The van der Waals surface area contributed by atoms with Crippen LogP contribution in [0.4, 0.5) is 0 Å². The summed E-state index contributed by atoms with van der Waals surface area (Å²) in [4.78, 5) is 5.32. The number of fused-ring (bicyclic) bond motifs is 5. The second-order valence-corrected chi connectivity index (χ2v) is 14.7. The first kappa shape index (κ1) is 30.8. The summed E-state index contributed by atoms with van der Waals surface area (Å²) in [5.41, 5.74) is 14.1. The van der Waals surface area contributed by atoms with Crippen LogP contribution in [-0.4, -0.2) is 5.84 Å². The van der Waals surface area contributed by atoms with Gasteiger partial charge in [-0.2, -0.15) is 5.26 Å². The van der Waals surface area contributed by atoms with Gasteiger partial charge in [-0.15, -0.1) is 0 Å². The van der Waals surface area contributed by atoms with Gasteiger partial charge in [0, 0.05) is 38.8 Å². The zero-order valence-electron chi connectivity index (χ0n) is 29.2. The fourth-order valence-electron chi connectivity index (χ4n) is 8.24. The number of nitriles is 1. The number of rotatable bonds is 4. The molecule has 0 bridgehead atoms. The highest BCUT2D eigenvalue weighted by atomic mass is 16.5. The summed E-state index contributed by atoms with van der Waals surface area (Å²) in [5.74, 6) is 2.28. The van der Waals surface area contributed by atoms with E-state index < -0.39 is 0 Å². The average molecular weight is 660 g/mol. The van der Waals surface area contributed by atoms with Crippen molar-refractivity contribution in [2.75, 3.05) is 0 Å². The molecule has 0 radical (unpaired) electrons. The van der Waals surface area contributed by atoms with Crippen molar-refractivity contribution < 1.29 is 4.74 Å². The predicted octanol–water partition coefficient (Wildman–Crippen LogP) is 11.1. The average Bonchev–Trinajstić information content (AvgIpc) is 3.40. The smallest absolute Gasteiger partial charge is 0.149 e. The van der Waals surface area contributed by atoms with Gasteiger partial charge in [0.05, 0.1) is 11.6 Å². The van der Waals surface area contributed by atoms with Gasteiger partial charge in [0.15, 0.2) is 0 Å². The Hall–Kier alpha value is -6.18. The number of hydrogen-bond donors (Lipinski definition) is 1. The van der Waals surface area contributed by atoms with Crippen LogP contribution in [0.3, 0.4) is 0 Å². The van der Waals surface area contributed by atoms with Gasteiger partial charge in [0.1, 0.15) is 23.4 Å². The molecule has 1 aliphatic carbocycles. The second-order valence-electron chi connectivity index (χ2n) is 14.7. The fraction of sp³-hybridized carbons (Fsp3) is 0.149. The van der Waals surface area contributed by atoms with Gasteiger partial charge >= 0.3 is 0 Å². The van der Waals surface area contributed by atoms with Crippen molar-refractivity contribution in [2.45, 2.75) is 44.6 Å². The molecule has 0 spiro atoms. The molecular formula is C47H37N3O. The SMILES string of the molecule is CC1(C)c2ccccc2-c2ccc(C3C=C(c4ccccc4-c4ccc5c(c4)C(C)(C)c4cccc(C#N)c4O5)NC(c4ccccc4)=N3)cc21. The third kappa shape index (κ3) is 4.84. The lowest BCUT2D eigenvalue weighted by molar-refractivity contribution is 0.417. The summed E-state index contributed by atoms with van der Waals surface area (Å²) in [5, 5.41) is 13.5. The van der Waals surface area contributed by atoms with Gasteiger partial charge in [0.2, 0.25) is 0 Å². The van der Waals surface area contributed by atoms with Crippen LogP contribution in [0.15, 0.2) is 145 Å². The predicted molar refractivity (Wildman–Crippen MR) is 206 cm³/mol. The van der Waals surface area contributed by atoms with Crippen molar-refractivity contribution in [3.63, 3.8) is 0 Å². The van der Waals surface area contributed by atoms with Crippen molar-refractivity contribution >= 4 is 11.5 Å². The molecule has 51 heavy (non-hydrogen) atoms. The molecule has 0 saturated carbocycles. The molecule has 0 fully saturated rings. The highest BCUT2D eigenvalue weighted by Gasteiger charge is 2.37. The summed E-state index contributed by atoms with van der Waals surface area (Å²) in [6, 6.07) is 49.0. The van der Waals surface area contributed by atoms with E-state index in [4.69, 9.17) is 9.73 Å². The molecule has 4 heteroatoms. The maximum atomic E-state index is 9.79. The summed E-state index contributed by atoms with van der Waals surface area (Å²) in [7, 11) is 0.